The van der Waals surface area contributed by atoms with Gasteiger partial charge in [-0.25, -0.2) is 0 Å². The van der Waals surface area contributed by atoms with E-state index in [1.807, 2.05) is 38.2 Å². The molecule has 74 valence electrons. The summed E-state index contributed by atoms with van der Waals surface area (Å²) >= 11 is 0. The lowest BCUT2D eigenvalue weighted by molar-refractivity contribution is 0.940. The maximum Gasteiger partial charge on any atom is 0.0694 e. The minimum atomic E-state index is -0.0373. The molecule has 0 N–H and O–H groups in total. The average Bonchev–Trinajstić information content (AvgIpc) is 2.21. The zero-order valence-corrected chi connectivity index (χ0v) is 8.90. The molecule has 1 heteroatoms. The lowest BCUT2D eigenvalue weighted by Gasteiger charge is -1.99. The van der Waals surface area contributed by atoms with E-state index in [9.17, 15) is 0 Å². The zero-order valence-electron chi connectivity index (χ0n) is 8.90. The van der Waals surface area contributed by atoms with Gasteiger partial charge in [0.2, 0.25) is 0 Å². The highest BCUT2D eigenvalue weighted by Crippen LogP contribution is 2.09. The molecular formula is C13H17N. The van der Waals surface area contributed by atoms with Gasteiger partial charge in [0.15, 0.2) is 0 Å². The van der Waals surface area contributed by atoms with E-state index in [1.165, 1.54) is 0 Å². The molecule has 0 aromatic carbocycles. The summed E-state index contributed by atoms with van der Waals surface area (Å²) < 4.78 is 0. The number of nitriles is 1. The first-order chi connectivity index (χ1) is 6.74. The topological polar surface area (TPSA) is 23.8 Å². The van der Waals surface area contributed by atoms with Gasteiger partial charge in [0, 0.05) is 0 Å². The van der Waals surface area contributed by atoms with Gasteiger partial charge >= 0.3 is 0 Å². The van der Waals surface area contributed by atoms with Gasteiger partial charge in [0.05, 0.1) is 12.0 Å². The molecule has 0 spiro atoms. The number of nitrogens with zero attached hydrogens (tertiary/aromatic N) is 1. The second-order valence-electron chi connectivity index (χ2n) is 3.03. The molecule has 1 atom stereocenters. The summed E-state index contributed by atoms with van der Waals surface area (Å²) in [7, 11) is 0. The summed E-state index contributed by atoms with van der Waals surface area (Å²) in [5, 5.41) is 8.68. The van der Waals surface area contributed by atoms with Gasteiger partial charge in [-0.15, -0.1) is 0 Å². The highest BCUT2D eigenvalue weighted by atomic mass is 14.2. The Kier molecular flexibility index (Phi) is 7.17. The summed E-state index contributed by atoms with van der Waals surface area (Å²) in [6, 6.07) is 2.19. The third-order valence-corrected chi connectivity index (χ3v) is 1.70. The lowest BCUT2D eigenvalue weighted by Crippen LogP contribution is -1.86. The van der Waals surface area contributed by atoms with E-state index in [-0.39, 0.29) is 5.92 Å². The molecule has 1 unspecified atom stereocenters. The fraction of sp³-hybridized carbons (Fsp3) is 0.308. The van der Waals surface area contributed by atoms with Crippen molar-refractivity contribution in [3.05, 3.63) is 48.6 Å². The second-order valence-corrected chi connectivity index (χ2v) is 3.03. The zero-order chi connectivity index (χ0) is 10.8. The molecule has 0 heterocycles. The Labute approximate surface area is 86.8 Å². The molecule has 0 aromatic rings. The minimum Gasteiger partial charge on any atom is -0.198 e. The van der Waals surface area contributed by atoms with E-state index < -0.39 is 0 Å². The van der Waals surface area contributed by atoms with Crippen LogP contribution in [-0.2, 0) is 0 Å². The molecule has 14 heavy (non-hydrogen) atoms. The largest absolute Gasteiger partial charge is 0.198 e. The van der Waals surface area contributed by atoms with Crippen molar-refractivity contribution in [1.82, 2.24) is 0 Å². The van der Waals surface area contributed by atoms with Crippen LogP contribution in [0.2, 0.25) is 0 Å². The van der Waals surface area contributed by atoms with Crippen LogP contribution in [0.5, 0.6) is 0 Å². The maximum absolute atomic E-state index is 8.68. The summed E-state index contributed by atoms with van der Waals surface area (Å²) in [6.45, 7) is 7.49. The van der Waals surface area contributed by atoms with Gasteiger partial charge in [-0.3, -0.25) is 0 Å². The van der Waals surface area contributed by atoms with Crippen LogP contribution in [0, 0.1) is 17.2 Å². The van der Waals surface area contributed by atoms with E-state index in [2.05, 4.69) is 18.7 Å². The third-order valence-electron chi connectivity index (χ3n) is 1.70. The Morgan fingerprint density at radius 3 is 2.79 bits per heavy atom. The minimum absolute atomic E-state index is 0.0373. The van der Waals surface area contributed by atoms with Crippen molar-refractivity contribution in [3.63, 3.8) is 0 Å². The van der Waals surface area contributed by atoms with Crippen molar-refractivity contribution in [2.75, 3.05) is 0 Å². The summed E-state index contributed by atoms with van der Waals surface area (Å²) in [5.41, 5.74) is 1.15. The van der Waals surface area contributed by atoms with E-state index in [0.29, 0.717) is 0 Å². The van der Waals surface area contributed by atoms with Gasteiger partial charge in [-0.05, 0) is 25.8 Å². The van der Waals surface area contributed by atoms with Crippen molar-refractivity contribution in [1.29, 1.82) is 5.26 Å². The van der Waals surface area contributed by atoms with Gasteiger partial charge < -0.3 is 0 Å². The van der Waals surface area contributed by atoms with E-state index in [0.717, 1.165) is 12.0 Å². The Bertz CT molecular complexity index is 287. The Morgan fingerprint density at radius 2 is 2.29 bits per heavy atom. The standard InChI is InChI=1S/C13H17N/c1-4-6-8-13(9-7-5-2)10-12(3)11-14/h4-8,10,12H,1,9H2,2-3H3/b7-5+,8-6-,13-10+. The summed E-state index contributed by atoms with van der Waals surface area (Å²) in [6.07, 6.45) is 12.5. The molecule has 0 saturated heterocycles. The molecule has 0 bridgehead atoms. The molecule has 1 nitrogen and oxygen atoms in total. The van der Waals surface area contributed by atoms with Crippen molar-refractivity contribution in [2.45, 2.75) is 20.3 Å². The first-order valence-corrected chi connectivity index (χ1v) is 4.75. The first kappa shape index (κ1) is 12.4. The van der Waals surface area contributed by atoms with Gasteiger partial charge in [-0.1, -0.05) is 43.0 Å². The molecular weight excluding hydrogens is 170 g/mol. The fourth-order valence-electron chi connectivity index (χ4n) is 0.996. The fourth-order valence-corrected chi connectivity index (χ4v) is 0.996. The van der Waals surface area contributed by atoms with Crippen molar-refractivity contribution < 1.29 is 0 Å². The van der Waals surface area contributed by atoms with Crippen molar-refractivity contribution in [3.8, 4) is 6.07 Å². The molecule has 0 aromatic heterocycles. The second kappa shape index (κ2) is 8.07. The van der Waals surface area contributed by atoms with Gasteiger partial charge in [0.25, 0.3) is 0 Å². The van der Waals surface area contributed by atoms with E-state index in [1.54, 1.807) is 6.08 Å². The lowest BCUT2D eigenvalue weighted by atomic mass is 10.1. The smallest absolute Gasteiger partial charge is 0.0694 e. The summed E-state index contributed by atoms with van der Waals surface area (Å²) in [4.78, 5) is 0. The van der Waals surface area contributed by atoms with E-state index >= 15 is 0 Å². The Hall–Kier alpha value is -1.55. The Balaban J connectivity index is 4.54. The van der Waals surface area contributed by atoms with Crippen LogP contribution in [-0.4, -0.2) is 0 Å². The van der Waals surface area contributed by atoms with Crippen molar-refractivity contribution in [2.24, 2.45) is 5.92 Å². The quantitative estimate of drug-likeness (QED) is 0.474. The average molecular weight is 187 g/mol. The number of hydrogen-bond acceptors (Lipinski definition) is 1. The molecule has 0 aliphatic rings. The molecule has 0 radical (unpaired) electrons. The van der Waals surface area contributed by atoms with Gasteiger partial charge in [0.1, 0.15) is 0 Å². The predicted molar refractivity (Wildman–Crippen MR) is 61.6 cm³/mol. The van der Waals surface area contributed by atoms with Crippen molar-refractivity contribution >= 4 is 0 Å². The van der Waals surface area contributed by atoms with Crippen LogP contribution < -0.4 is 0 Å². The molecule has 0 saturated carbocycles. The molecule has 0 aliphatic carbocycles. The summed E-state index contributed by atoms with van der Waals surface area (Å²) in [5.74, 6) is -0.0373. The van der Waals surface area contributed by atoms with Gasteiger partial charge in [-0.2, -0.15) is 5.26 Å². The van der Waals surface area contributed by atoms with E-state index in [4.69, 9.17) is 5.26 Å². The Morgan fingerprint density at radius 1 is 1.57 bits per heavy atom. The SMILES string of the molecule is C=C/C=C\C(=C/C(C)C#N)C/C=C/C. The molecule has 0 aliphatic heterocycles. The highest BCUT2D eigenvalue weighted by molar-refractivity contribution is 5.25. The number of allylic oxidation sites excluding steroid dienone is 7. The third kappa shape index (κ3) is 6.02. The highest BCUT2D eigenvalue weighted by Gasteiger charge is 1.95. The normalized spacial score (nSPS) is 14.5. The van der Waals surface area contributed by atoms with Crippen LogP contribution >= 0.6 is 0 Å². The maximum atomic E-state index is 8.68. The van der Waals surface area contributed by atoms with Crippen LogP contribution in [0.15, 0.2) is 48.6 Å². The monoisotopic (exact) mass is 187 g/mol. The molecule has 0 fully saturated rings. The number of hydrogen-bond donors (Lipinski definition) is 0. The van der Waals surface area contributed by atoms with Crippen LogP contribution in [0.1, 0.15) is 20.3 Å². The first-order valence-electron chi connectivity index (χ1n) is 4.75. The van der Waals surface area contributed by atoms with Crippen LogP contribution in [0.25, 0.3) is 0 Å². The van der Waals surface area contributed by atoms with Crippen LogP contribution in [0.4, 0.5) is 0 Å². The molecule has 0 amide bonds. The molecule has 0 rings (SSSR count). The number of rotatable bonds is 5. The van der Waals surface area contributed by atoms with Crippen LogP contribution in [0.3, 0.4) is 0 Å². The predicted octanol–water partition coefficient (Wildman–Crippen LogP) is 3.78.